The van der Waals surface area contributed by atoms with Crippen LogP contribution in [0.2, 0.25) is 0 Å². The Balaban J connectivity index is 1.57. The van der Waals surface area contributed by atoms with E-state index in [0.29, 0.717) is 6.54 Å². The molecule has 1 aliphatic rings. The van der Waals surface area contributed by atoms with Crippen LogP contribution in [0.5, 0.6) is 0 Å². The molecule has 0 saturated carbocycles. The predicted molar refractivity (Wildman–Crippen MR) is 83.8 cm³/mol. The lowest BCUT2D eigenvalue weighted by Gasteiger charge is -2.33. The SMILES string of the molecule is CC1CCCCN1CCCNCC(O)c1ccccc1. The summed E-state index contributed by atoms with van der Waals surface area (Å²) < 4.78 is 0. The van der Waals surface area contributed by atoms with E-state index in [1.165, 1.54) is 32.4 Å². The smallest absolute Gasteiger partial charge is 0.0914 e. The Morgan fingerprint density at radius 2 is 2.10 bits per heavy atom. The first-order valence-electron chi connectivity index (χ1n) is 7.95. The first kappa shape index (κ1) is 15.5. The Kier molecular flexibility index (Phi) is 6.51. The summed E-state index contributed by atoms with van der Waals surface area (Å²) in [6, 6.07) is 10.6. The van der Waals surface area contributed by atoms with Gasteiger partial charge in [-0.2, -0.15) is 0 Å². The quantitative estimate of drug-likeness (QED) is 0.751. The van der Waals surface area contributed by atoms with Crippen LogP contribution in [0.1, 0.15) is 44.3 Å². The number of hydrogen-bond acceptors (Lipinski definition) is 3. The summed E-state index contributed by atoms with van der Waals surface area (Å²) in [4.78, 5) is 2.60. The third-order valence-electron chi connectivity index (χ3n) is 4.26. The number of nitrogens with zero attached hydrogens (tertiary/aromatic N) is 1. The predicted octanol–water partition coefficient (Wildman–Crippen LogP) is 2.57. The number of aliphatic hydroxyl groups is 1. The molecule has 1 fully saturated rings. The molecule has 3 heteroatoms. The molecule has 0 amide bonds. The minimum Gasteiger partial charge on any atom is -0.387 e. The van der Waals surface area contributed by atoms with Crippen molar-refractivity contribution in [2.24, 2.45) is 0 Å². The van der Waals surface area contributed by atoms with E-state index in [0.717, 1.165) is 24.6 Å². The minimum atomic E-state index is -0.398. The molecule has 20 heavy (non-hydrogen) atoms. The lowest BCUT2D eigenvalue weighted by Crippen LogP contribution is -2.39. The summed E-state index contributed by atoms with van der Waals surface area (Å²) in [6.07, 6.45) is 4.85. The van der Waals surface area contributed by atoms with Crippen molar-refractivity contribution >= 4 is 0 Å². The van der Waals surface area contributed by atoms with E-state index in [1.54, 1.807) is 0 Å². The van der Waals surface area contributed by atoms with Gasteiger partial charge >= 0.3 is 0 Å². The molecule has 1 aromatic rings. The molecular formula is C17H28N2O. The molecule has 112 valence electrons. The Morgan fingerprint density at radius 3 is 2.85 bits per heavy atom. The number of piperidine rings is 1. The fourth-order valence-electron chi connectivity index (χ4n) is 2.93. The molecule has 1 heterocycles. The van der Waals surface area contributed by atoms with E-state index in [4.69, 9.17) is 0 Å². The van der Waals surface area contributed by atoms with Gasteiger partial charge in [0.1, 0.15) is 0 Å². The molecule has 1 saturated heterocycles. The van der Waals surface area contributed by atoms with Crippen molar-refractivity contribution in [3.8, 4) is 0 Å². The molecule has 2 unspecified atom stereocenters. The van der Waals surface area contributed by atoms with E-state index in [1.807, 2.05) is 30.3 Å². The molecule has 1 aliphatic heterocycles. The molecule has 0 aliphatic carbocycles. The number of nitrogens with one attached hydrogen (secondary N) is 1. The van der Waals surface area contributed by atoms with Gasteiger partial charge in [-0.25, -0.2) is 0 Å². The summed E-state index contributed by atoms with van der Waals surface area (Å²) in [5.74, 6) is 0. The lowest BCUT2D eigenvalue weighted by molar-refractivity contribution is 0.154. The monoisotopic (exact) mass is 276 g/mol. The van der Waals surface area contributed by atoms with Gasteiger partial charge in [0.15, 0.2) is 0 Å². The van der Waals surface area contributed by atoms with Crippen LogP contribution in [0.15, 0.2) is 30.3 Å². The number of benzene rings is 1. The van der Waals surface area contributed by atoms with Crippen LogP contribution in [-0.2, 0) is 0 Å². The van der Waals surface area contributed by atoms with Gasteiger partial charge in [-0.3, -0.25) is 0 Å². The maximum Gasteiger partial charge on any atom is 0.0914 e. The van der Waals surface area contributed by atoms with Crippen LogP contribution in [0, 0.1) is 0 Å². The highest BCUT2D eigenvalue weighted by Crippen LogP contribution is 2.16. The summed E-state index contributed by atoms with van der Waals surface area (Å²) in [7, 11) is 0. The van der Waals surface area contributed by atoms with Crippen LogP contribution >= 0.6 is 0 Å². The van der Waals surface area contributed by atoms with Gasteiger partial charge in [0.2, 0.25) is 0 Å². The third-order valence-corrected chi connectivity index (χ3v) is 4.26. The van der Waals surface area contributed by atoms with Crippen molar-refractivity contribution in [3.63, 3.8) is 0 Å². The van der Waals surface area contributed by atoms with E-state index < -0.39 is 6.10 Å². The first-order chi connectivity index (χ1) is 9.77. The van der Waals surface area contributed by atoms with Gasteiger partial charge in [-0.05, 0) is 51.4 Å². The minimum absolute atomic E-state index is 0.398. The van der Waals surface area contributed by atoms with Crippen molar-refractivity contribution in [2.75, 3.05) is 26.2 Å². The van der Waals surface area contributed by atoms with Gasteiger partial charge < -0.3 is 15.3 Å². The van der Waals surface area contributed by atoms with Gasteiger partial charge in [0, 0.05) is 12.6 Å². The second-order valence-corrected chi connectivity index (χ2v) is 5.86. The van der Waals surface area contributed by atoms with Gasteiger partial charge in [0.05, 0.1) is 6.10 Å². The average Bonchev–Trinajstić information content (AvgIpc) is 2.49. The van der Waals surface area contributed by atoms with Gasteiger partial charge in [0.25, 0.3) is 0 Å². The zero-order valence-corrected chi connectivity index (χ0v) is 12.6. The summed E-state index contributed by atoms with van der Waals surface area (Å²) >= 11 is 0. The van der Waals surface area contributed by atoms with E-state index in [9.17, 15) is 5.11 Å². The summed E-state index contributed by atoms with van der Waals surface area (Å²) in [5.41, 5.74) is 0.990. The Bertz CT molecular complexity index is 369. The second-order valence-electron chi connectivity index (χ2n) is 5.86. The van der Waals surface area contributed by atoms with Crippen molar-refractivity contribution in [2.45, 2.75) is 44.8 Å². The van der Waals surface area contributed by atoms with Crippen LogP contribution in [0.4, 0.5) is 0 Å². The fourth-order valence-corrected chi connectivity index (χ4v) is 2.93. The molecule has 3 nitrogen and oxygen atoms in total. The average molecular weight is 276 g/mol. The molecule has 1 aromatic carbocycles. The normalized spacial score (nSPS) is 21.8. The fraction of sp³-hybridized carbons (Fsp3) is 0.647. The lowest BCUT2D eigenvalue weighted by atomic mass is 10.0. The first-order valence-corrected chi connectivity index (χ1v) is 7.95. The third kappa shape index (κ3) is 4.89. The van der Waals surface area contributed by atoms with Crippen LogP contribution in [0.3, 0.4) is 0 Å². The van der Waals surface area contributed by atoms with E-state index in [-0.39, 0.29) is 0 Å². The molecule has 0 spiro atoms. The summed E-state index contributed by atoms with van der Waals surface area (Å²) in [5, 5.41) is 13.4. The van der Waals surface area contributed by atoms with Crippen molar-refractivity contribution in [3.05, 3.63) is 35.9 Å². The zero-order valence-electron chi connectivity index (χ0n) is 12.6. The highest BCUT2D eigenvalue weighted by Gasteiger charge is 2.17. The topological polar surface area (TPSA) is 35.5 Å². The van der Waals surface area contributed by atoms with Gasteiger partial charge in [-0.1, -0.05) is 36.8 Å². The standard InChI is InChI=1S/C17H28N2O/c1-15-8-5-6-12-19(15)13-7-11-18-14-17(20)16-9-3-2-4-10-16/h2-4,9-10,15,17-18,20H,5-8,11-14H2,1H3. The zero-order chi connectivity index (χ0) is 14.2. The molecule has 0 bridgehead atoms. The highest BCUT2D eigenvalue weighted by molar-refractivity contribution is 5.17. The maximum atomic E-state index is 10.0. The second kappa shape index (κ2) is 8.40. The maximum absolute atomic E-state index is 10.0. The molecule has 0 radical (unpaired) electrons. The number of likely N-dealkylation sites (tertiary alicyclic amines) is 1. The largest absolute Gasteiger partial charge is 0.387 e. The van der Waals surface area contributed by atoms with E-state index in [2.05, 4.69) is 17.1 Å². The Hall–Kier alpha value is -0.900. The number of rotatable bonds is 7. The Morgan fingerprint density at radius 1 is 1.30 bits per heavy atom. The van der Waals surface area contributed by atoms with Crippen LogP contribution in [0.25, 0.3) is 0 Å². The number of aliphatic hydroxyl groups excluding tert-OH is 1. The molecule has 2 rings (SSSR count). The number of hydrogen-bond donors (Lipinski definition) is 2. The van der Waals surface area contributed by atoms with Crippen molar-refractivity contribution < 1.29 is 5.11 Å². The highest BCUT2D eigenvalue weighted by atomic mass is 16.3. The van der Waals surface area contributed by atoms with Gasteiger partial charge in [-0.15, -0.1) is 0 Å². The van der Waals surface area contributed by atoms with Crippen molar-refractivity contribution in [1.82, 2.24) is 10.2 Å². The summed E-state index contributed by atoms with van der Waals surface area (Å²) in [6.45, 7) is 6.39. The molecular weight excluding hydrogens is 248 g/mol. The van der Waals surface area contributed by atoms with Crippen molar-refractivity contribution in [1.29, 1.82) is 0 Å². The molecule has 0 aromatic heterocycles. The molecule has 2 N–H and O–H groups in total. The van der Waals surface area contributed by atoms with E-state index >= 15 is 0 Å². The molecule has 2 atom stereocenters. The van der Waals surface area contributed by atoms with Crippen LogP contribution < -0.4 is 5.32 Å². The Labute approximate surface area is 123 Å². The van der Waals surface area contributed by atoms with Crippen LogP contribution in [-0.4, -0.2) is 42.2 Å².